The van der Waals surface area contributed by atoms with Crippen LogP contribution in [0.4, 0.5) is 5.69 Å². The SMILES string of the molecule is COC(=O)CNC(=O)c1cccc(NC(=O)CCc2ccc(C3CC3C)o2)c1. The van der Waals surface area contributed by atoms with Crippen LogP contribution >= 0.6 is 0 Å². The number of ether oxygens (including phenoxy) is 1. The first-order chi connectivity index (χ1) is 13.5. The summed E-state index contributed by atoms with van der Waals surface area (Å²) in [6.45, 7) is 1.99. The van der Waals surface area contributed by atoms with Crippen molar-refractivity contribution < 1.29 is 23.5 Å². The quantitative estimate of drug-likeness (QED) is 0.682. The van der Waals surface area contributed by atoms with Crippen molar-refractivity contribution in [3.05, 3.63) is 53.5 Å². The molecule has 0 bridgehead atoms. The van der Waals surface area contributed by atoms with Crippen LogP contribution in [-0.4, -0.2) is 31.4 Å². The van der Waals surface area contributed by atoms with E-state index < -0.39 is 11.9 Å². The van der Waals surface area contributed by atoms with Crippen LogP contribution in [0.25, 0.3) is 0 Å². The lowest BCUT2D eigenvalue weighted by molar-refractivity contribution is -0.139. The molecule has 3 rings (SSSR count). The molecule has 1 fully saturated rings. The first-order valence-electron chi connectivity index (χ1n) is 9.30. The number of carbonyl (C=O) groups is 3. The Balaban J connectivity index is 1.49. The van der Waals surface area contributed by atoms with Gasteiger partial charge in [0.15, 0.2) is 0 Å². The summed E-state index contributed by atoms with van der Waals surface area (Å²) in [6.07, 6.45) is 1.97. The molecule has 7 heteroatoms. The molecule has 2 unspecified atom stereocenters. The number of hydrogen-bond donors (Lipinski definition) is 2. The van der Waals surface area contributed by atoms with Crippen molar-refractivity contribution in [3.63, 3.8) is 0 Å². The number of anilines is 1. The van der Waals surface area contributed by atoms with Gasteiger partial charge in [0.05, 0.1) is 7.11 Å². The molecule has 2 atom stereocenters. The van der Waals surface area contributed by atoms with Gasteiger partial charge in [0.25, 0.3) is 5.91 Å². The number of amides is 2. The Hall–Kier alpha value is -3.09. The second-order valence-corrected chi connectivity index (χ2v) is 7.01. The van der Waals surface area contributed by atoms with Gasteiger partial charge in [0.1, 0.15) is 18.1 Å². The minimum absolute atomic E-state index is 0.162. The molecule has 1 aliphatic carbocycles. The molecule has 2 amide bonds. The van der Waals surface area contributed by atoms with E-state index in [9.17, 15) is 14.4 Å². The Morgan fingerprint density at radius 3 is 2.71 bits per heavy atom. The van der Waals surface area contributed by atoms with Crippen LogP contribution in [0.15, 0.2) is 40.8 Å². The summed E-state index contributed by atoms with van der Waals surface area (Å²) in [4.78, 5) is 35.4. The van der Waals surface area contributed by atoms with E-state index in [4.69, 9.17) is 4.42 Å². The van der Waals surface area contributed by atoms with Crippen molar-refractivity contribution in [2.45, 2.75) is 32.1 Å². The van der Waals surface area contributed by atoms with Crippen LogP contribution in [-0.2, 0) is 20.7 Å². The molecule has 0 radical (unpaired) electrons. The molecular weight excluding hydrogens is 360 g/mol. The Bertz CT molecular complexity index is 873. The van der Waals surface area contributed by atoms with Gasteiger partial charge in [-0.05, 0) is 42.7 Å². The molecule has 148 valence electrons. The summed E-state index contributed by atoms with van der Waals surface area (Å²) < 4.78 is 10.3. The molecule has 2 aromatic rings. The van der Waals surface area contributed by atoms with Crippen molar-refractivity contribution >= 4 is 23.5 Å². The first-order valence-corrected chi connectivity index (χ1v) is 9.30. The molecule has 7 nitrogen and oxygen atoms in total. The summed E-state index contributed by atoms with van der Waals surface area (Å²) in [5.74, 6) is 1.91. The predicted molar refractivity (Wildman–Crippen MR) is 103 cm³/mol. The zero-order valence-electron chi connectivity index (χ0n) is 16.0. The van der Waals surface area contributed by atoms with Gasteiger partial charge >= 0.3 is 5.97 Å². The van der Waals surface area contributed by atoms with Gasteiger partial charge in [0.2, 0.25) is 5.91 Å². The lowest BCUT2D eigenvalue weighted by atomic mass is 10.1. The van der Waals surface area contributed by atoms with Crippen LogP contribution in [0.2, 0.25) is 0 Å². The fourth-order valence-corrected chi connectivity index (χ4v) is 2.97. The van der Waals surface area contributed by atoms with E-state index in [2.05, 4.69) is 22.3 Å². The molecule has 0 aliphatic heterocycles. The lowest BCUT2D eigenvalue weighted by Gasteiger charge is -2.08. The van der Waals surface area contributed by atoms with Crippen LogP contribution in [0.3, 0.4) is 0 Å². The molecular formula is C21H24N2O5. The summed E-state index contributed by atoms with van der Waals surface area (Å²) >= 11 is 0. The van der Waals surface area contributed by atoms with Gasteiger partial charge in [-0.1, -0.05) is 13.0 Å². The number of methoxy groups -OCH3 is 1. The highest BCUT2D eigenvalue weighted by molar-refractivity contribution is 5.98. The summed E-state index contributed by atoms with van der Waals surface area (Å²) in [7, 11) is 1.25. The average Bonchev–Trinajstić information content (AvgIpc) is 3.24. The van der Waals surface area contributed by atoms with Crippen molar-refractivity contribution in [2.75, 3.05) is 19.0 Å². The van der Waals surface area contributed by atoms with E-state index in [1.807, 2.05) is 12.1 Å². The van der Waals surface area contributed by atoms with Crippen LogP contribution in [0.5, 0.6) is 0 Å². The maximum absolute atomic E-state index is 12.2. The van der Waals surface area contributed by atoms with E-state index in [1.54, 1.807) is 24.3 Å². The highest BCUT2D eigenvalue weighted by Crippen LogP contribution is 2.47. The van der Waals surface area contributed by atoms with Gasteiger partial charge in [-0.15, -0.1) is 0 Å². The number of hydrogen-bond acceptors (Lipinski definition) is 5. The average molecular weight is 384 g/mol. The van der Waals surface area contributed by atoms with Gasteiger partial charge in [-0.25, -0.2) is 0 Å². The minimum atomic E-state index is -0.532. The molecule has 2 N–H and O–H groups in total. The smallest absolute Gasteiger partial charge is 0.325 e. The number of esters is 1. The molecule has 0 spiro atoms. The Morgan fingerprint density at radius 1 is 1.21 bits per heavy atom. The summed E-state index contributed by atoms with van der Waals surface area (Å²) in [6, 6.07) is 10.5. The third-order valence-corrected chi connectivity index (χ3v) is 4.79. The standard InChI is InChI=1S/C21H24N2O5/c1-13-10-17(13)18-8-6-16(28-18)7-9-19(24)23-15-5-3-4-14(11-15)21(26)22-12-20(25)27-2/h3-6,8,11,13,17H,7,9-10,12H2,1-2H3,(H,22,26)(H,23,24). The normalized spacial score (nSPS) is 17.6. The van der Waals surface area contributed by atoms with Gasteiger partial charge in [-0.2, -0.15) is 0 Å². The number of benzene rings is 1. The Kier molecular flexibility index (Phi) is 6.13. The number of aryl methyl sites for hydroxylation is 1. The van der Waals surface area contributed by atoms with Crippen LogP contribution < -0.4 is 10.6 Å². The number of furan rings is 1. The van der Waals surface area contributed by atoms with Crippen LogP contribution in [0.1, 0.15) is 47.6 Å². The molecule has 28 heavy (non-hydrogen) atoms. The van der Waals surface area contributed by atoms with Crippen LogP contribution in [0, 0.1) is 5.92 Å². The number of nitrogens with one attached hydrogen (secondary N) is 2. The maximum atomic E-state index is 12.2. The zero-order valence-corrected chi connectivity index (χ0v) is 16.0. The monoisotopic (exact) mass is 384 g/mol. The molecule has 1 aromatic heterocycles. The van der Waals surface area contributed by atoms with Gasteiger partial charge in [0, 0.05) is 30.0 Å². The van der Waals surface area contributed by atoms with Gasteiger partial charge < -0.3 is 19.8 Å². The lowest BCUT2D eigenvalue weighted by Crippen LogP contribution is -2.30. The van der Waals surface area contributed by atoms with E-state index in [0.717, 1.165) is 17.9 Å². The van der Waals surface area contributed by atoms with Crippen molar-refractivity contribution in [3.8, 4) is 0 Å². The summed E-state index contributed by atoms with van der Waals surface area (Å²) in [5, 5.41) is 5.24. The van der Waals surface area contributed by atoms with E-state index >= 15 is 0 Å². The highest BCUT2D eigenvalue weighted by Gasteiger charge is 2.36. The van der Waals surface area contributed by atoms with E-state index in [-0.39, 0.29) is 18.9 Å². The van der Waals surface area contributed by atoms with Crippen molar-refractivity contribution in [1.82, 2.24) is 5.32 Å². The fourth-order valence-electron chi connectivity index (χ4n) is 2.97. The maximum Gasteiger partial charge on any atom is 0.325 e. The highest BCUT2D eigenvalue weighted by atomic mass is 16.5. The van der Waals surface area contributed by atoms with Crippen molar-refractivity contribution in [2.24, 2.45) is 5.92 Å². The third kappa shape index (κ3) is 5.22. The third-order valence-electron chi connectivity index (χ3n) is 4.79. The van der Waals surface area contributed by atoms with E-state index in [0.29, 0.717) is 29.5 Å². The summed E-state index contributed by atoms with van der Waals surface area (Å²) in [5.41, 5.74) is 0.860. The second-order valence-electron chi connectivity index (χ2n) is 7.01. The van der Waals surface area contributed by atoms with E-state index in [1.165, 1.54) is 7.11 Å². The first kappa shape index (κ1) is 19.7. The topological polar surface area (TPSA) is 97.6 Å². The Morgan fingerprint density at radius 2 is 2.00 bits per heavy atom. The molecule has 1 aliphatic rings. The number of rotatable bonds is 8. The number of carbonyl (C=O) groups excluding carboxylic acids is 3. The second kappa shape index (κ2) is 8.73. The molecule has 1 aromatic carbocycles. The molecule has 1 heterocycles. The zero-order chi connectivity index (χ0) is 20.1. The van der Waals surface area contributed by atoms with Gasteiger partial charge in [-0.3, -0.25) is 14.4 Å². The molecule has 1 saturated carbocycles. The Labute approximate surface area is 163 Å². The largest absolute Gasteiger partial charge is 0.468 e. The predicted octanol–water partition coefficient (Wildman–Crippen LogP) is 2.88. The fraction of sp³-hybridized carbons (Fsp3) is 0.381. The van der Waals surface area contributed by atoms with Crippen molar-refractivity contribution in [1.29, 1.82) is 0 Å². The minimum Gasteiger partial charge on any atom is -0.468 e. The molecule has 0 saturated heterocycles.